The highest BCUT2D eigenvalue weighted by molar-refractivity contribution is 6.33. The largest absolute Gasteiger partial charge is 0.456 e. The van der Waals surface area contributed by atoms with E-state index in [0.29, 0.717) is 41.1 Å². The number of rotatable bonds is 4. The molecule has 6 heterocycles. The van der Waals surface area contributed by atoms with Crippen LogP contribution >= 0.6 is 11.6 Å². The van der Waals surface area contributed by atoms with Gasteiger partial charge < -0.3 is 28.8 Å². The number of anilines is 1. The van der Waals surface area contributed by atoms with Crippen LogP contribution in [0.1, 0.15) is 6.42 Å². The Balaban J connectivity index is 1.24. The van der Waals surface area contributed by atoms with E-state index in [1.807, 2.05) is 18.2 Å². The van der Waals surface area contributed by atoms with Crippen molar-refractivity contribution in [2.24, 2.45) is 0 Å². The second-order valence-corrected chi connectivity index (χ2v) is 8.30. The summed E-state index contributed by atoms with van der Waals surface area (Å²) in [6.07, 6.45) is 2.59. The van der Waals surface area contributed by atoms with E-state index in [4.69, 9.17) is 30.5 Å². The summed E-state index contributed by atoms with van der Waals surface area (Å²) in [5.74, 6) is 0.922. The van der Waals surface area contributed by atoms with Crippen molar-refractivity contribution in [1.82, 2.24) is 19.9 Å². The molecule has 9 nitrogen and oxygen atoms in total. The summed E-state index contributed by atoms with van der Waals surface area (Å²) in [6.45, 7) is 4.31. The van der Waals surface area contributed by atoms with Gasteiger partial charge in [-0.2, -0.15) is 4.98 Å². The minimum atomic E-state index is -0.181. The fraction of sp³-hybridized carbons (Fsp3) is 0.476. The van der Waals surface area contributed by atoms with Gasteiger partial charge in [-0.3, -0.25) is 0 Å². The maximum atomic E-state index is 6.53. The number of halogens is 1. The van der Waals surface area contributed by atoms with Crippen LogP contribution in [0.15, 0.2) is 24.4 Å². The molecule has 162 valence electrons. The third kappa shape index (κ3) is 3.61. The Kier molecular flexibility index (Phi) is 4.91. The highest BCUT2D eigenvalue weighted by Gasteiger charge is 2.43. The number of aromatic amines is 1. The Labute approximate surface area is 183 Å². The highest BCUT2D eigenvalue weighted by atomic mass is 35.5. The van der Waals surface area contributed by atoms with Crippen molar-refractivity contribution in [2.75, 3.05) is 44.4 Å². The number of imidazole rings is 1. The summed E-state index contributed by atoms with van der Waals surface area (Å²) in [7, 11) is 0. The zero-order valence-electron chi connectivity index (χ0n) is 16.8. The Hall–Kier alpha value is -2.46. The number of fused-ring (bicyclic) bond motifs is 2. The number of morpholine rings is 1. The van der Waals surface area contributed by atoms with Gasteiger partial charge in [-0.15, -0.1) is 0 Å². The van der Waals surface area contributed by atoms with Crippen LogP contribution in [-0.4, -0.2) is 77.8 Å². The molecular formula is C21H22ClN5O4. The van der Waals surface area contributed by atoms with Crippen LogP contribution in [0.3, 0.4) is 0 Å². The predicted octanol–water partition coefficient (Wildman–Crippen LogP) is 2.45. The lowest BCUT2D eigenvalue weighted by atomic mass is 10.1. The van der Waals surface area contributed by atoms with Crippen LogP contribution in [0.5, 0.6) is 6.01 Å². The molecule has 0 aliphatic carbocycles. The second-order valence-electron chi connectivity index (χ2n) is 7.89. The minimum Gasteiger partial charge on any atom is -0.456 e. The van der Waals surface area contributed by atoms with Crippen LogP contribution in [0.25, 0.3) is 22.4 Å². The van der Waals surface area contributed by atoms with Crippen LogP contribution in [0.2, 0.25) is 5.02 Å². The predicted molar refractivity (Wildman–Crippen MR) is 114 cm³/mol. The van der Waals surface area contributed by atoms with E-state index in [9.17, 15) is 0 Å². The molecule has 1 N–H and O–H groups in total. The zero-order valence-corrected chi connectivity index (χ0v) is 17.5. The maximum Gasteiger partial charge on any atom is 0.296 e. The lowest BCUT2D eigenvalue weighted by Crippen LogP contribution is -2.36. The minimum absolute atomic E-state index is 0.0450. The number of hydrogen-bond acceptors (Lipinski definition) is 8. The van der Waals surface area contributed by atoms with Gasteiger partial charge >= 0.3 is 0 Å². The van der Waals surface area contributed by atoms with E-state index < -0.39 is 0 Å². The first-order valence-corrected chi connectivity index (χ1v) is 10.9. The second kappa shape index (κ2) is 7.90. The van der Waals surface area contributed by atoms with E-state index in [1.165, 1.54) is 0 Å². The number of nitrogens with one attached hydrogen (secondary N) is 1. The van der Waals surface area contributed by atoms with Gasteiger partial charge in [0.15, 0.2) is 11.8 Å². The van der Waals surface area contributed by atoms with E-state index in [1.54, 1.807) is 6.20 Å². The van der Waals surface area contributed by atoms with E-state index in [0.717, 1.165) is 44.1 Å². The monoisotopic (exact) mass is 443 g/mol. The number of aromatic nitrogens is 4. The van der Waals surface area contributed by atoms with Crippen molar-refractivity contribution in [3.05, 3.63) is 29.4 Å². The van der Waals surface area contributed by atoms with Gasteiger partial charge in [-0.05, 0) is 24.6 Å². The molecule has 1 unspecified atom stereocenters. The molecular weight excluding hydrogens is 422 g/mol. The van der Waals surface area contributed by atoms with Gasteiger partial charge in [0.1, 0.15) is 11.9 Å². The molecule has 31 heavy (non-hydrogen) atoms. The third-order valence-electron chi connectivity index (χ3n) is 5.94. The molecule has 0 amide bonds. The van der Waals surface area contributed by atoms with Crippen molar-refractivity contribution in [1.29, 1.82) is 0 Å². The number of pyridine rings is 2. The fourth-order valence-corrected chi connectivity index (χ4v) is 4.59. The number of H-pyrrole nitrogens is 1. The highest BCUT2D eigenvalue weighted by Crippen LogP contribution is 2.32. The molecule has 3 aliphatic rings. The first-order valence-electron chi connectivity index (χ1n) is 10.5. The van der Waals surface area contributed by atoms with Crippen LogP contribution in [-0.2, 0) is 14.2 Å². The Morgan fingerprint density at radius 1 is 1.13 bits per heavy atom. The summed E-state index contributed by atoms with van der Waals surface area (Å²) in [4.78, 5) is 19.1. The van der Waals surface area contributed by atoms with Gasteiger partial charge in [0.2, 0.25) is 0 Å². The molecule has 3 atom stereocenters. The van der Waals surface area contributed by atoms with Crippen LogP contribution in [0.4, 0.5) is 5.82 Å². The first-order chi connectivity index (χ1) is 15.2. The average Bonchev–Trinajstić information content (AvgIpc) is 3.51. The van der Waals surface area contributed by atoms with Gasteiger partial charge in [-0.1, -0.05) is 11.6 Å². The lowest BCUT2D eigenvalue weighted by molar-refractivity contribution is 0.0273. The van der Waals surface area contributed by atoms with Gasteiger partial charge in [-0.25, -0.2) is 9.97 Å². The van der Waals surface area contributed by atoms with Crippen LogP contribution in [0, 0.1) is 0 Å². The fourth-order valence-electron chi connectivity index (χ4n) is 4.33. The average molecular weight is 444 g/mol. The summed E-state index contributed by atoms with van der Waals surface area (Å²) in [6, 6.07) is 6.17. The molecule has 3 aliphatic heterocycles. The van der Waals surface area contributed by atoms with E-state index in [-0.39, 0.29) is 18.3 Å². The molecule has 3 aromatic heterocycles. The summed E-state index contributed by atoms with van der Waals surface area (Å²) in [5.41, 5.74) is 2.72. The molecule has 3 aromatic rings. The molecule has 3 saturated heterocycles. The lowest BCUT2D eigenvalue weighted by Gasteiger charge is -2.27. The Morgan fingerprint density at radius 3 is 2.87 bits per heavy atom. The van der Waals surface area contributed by atoms with E-state index >= 15 is 0 Å². The van der Waals surface area contributed by atoms with Gasteiger partial charge in [0, 0.05) is 31.5 Å². The summed E-state index contributed by atoms with van der Waals surface area (Å²) < 4.78 is 22.9. The normalized spacial score (nSPS) is 25.8. The van der Waals surface area contributed by atoms with E-state index in [2.05, 4.69) is 24.8 Å². The Morgan fingerprint density at radius 2 is 2.03 bits per heavy atom. The van der Waals surface area contributed by atoms with Crippen molar-refractivity contribution >= 4 is 28.6 Å². The number of hydrogen-bond donors (Lipinski definition) is 1. The van der Waals surface area contributed by atoms with Crippen molar-refractivity contribution in [2.45, 2.75) is 24.7 Å². The maximum absolute atomic E-state index is 6.53. The van der Waals surface area contributed by atoms with Crippen molar-refractivity contribution < 1.29 is 18.9 Å². The molecule has 3 fully saturated rings. The topological polar surface area (TPSA) is 94.6 Å². The van der Waals surface area contributed by atoms with Crippen molar-refractivity contribution in [3.63, 3.8) is 0 Å². The summed E-state index contributed by atoms with van der Waals surface area (Å²) in [5, 5.41) is 0.520. The molecule has 0 radical (unpaired) electrons. The Bertz CT molecular complexity index is 1090. The number of ether oxygens (including phenoxy) is 4. The molecule has 0 spiro atoms. The molecule has 0 saturated carbocycles. The standard InChI is InChI=1S/C21H22ClN5O4/c22-13-9-14-20(26-21(24-14)31-16-11-30-15-3-6-29-19(15)16)25-18(13)12-1-2-17(23-10-12)27-4-7-28-8-5-27/h1-2,9-10,15-16,19H,3-8,11H2,(H,24,25,26)/t15-,16?,19+/m1/s1. The quantitative estimate of drug-likeness (QED) is 0.657. The molecule has 10 heteroatoms. The van der Waals surface area contributed by atoms with Gasteiger partial charge in [0.05, 0.1) is 42.2 Å². The number of nitrogens with zero attached hydrogens (tertiary/aromatic N) is 4. The summed E-state index contributed by atoms with van der Waals surface area (Å²) >= 11 is 6.53. The SMILES string of the molecule is Clc1cc2[nH]c(OC3CO[C@@H]4CCO[C@H]34)nc2nc1-c1ccc(N2CCOCC2)nc1. The molecule has 0 aromatic carbocycles. The molecule has 6 rings (SSSR count). The van der Waals surface area contributed by atoms with Crippen LogP contribution < -0.4 is 9.64 Å². The smallest absolute Gasteiger partial charge is 0.296 e. The van der Waals surface area contributed by atoms with Gasteiger partial charge in [0.25, 0.3) is 6.01 Å². The molecule has 0 bridgehead atoms. The third-order valence-corrected chi connectivity index (χ3v) is 6.23. The van der Waals surface area contributed by atoms with Crippen molar-refractivity contribution in [3.8, 4) is 17.3 Å². The first kappa shape index (κ1) is 19.2. The zero-order chi connectivity index (χ0) is 20.8.